The molecule has 0 atom stereocenters. The minimum atomic E-state index is 0.364. The minimum absolute atomic E-state index is 0.364. The number of aromatic nitrogens is 2. The third-order valence-corrected chi connectivity index (χ3v) is 2.84. The van der Waals surface area contributed by atoms with Crippen LogP contribution in [-0.4, -0.2) is 30.3 Å². The highest BCUT2D eigenvalue weighted by Gasteiger charge is 2.19. The first-order chi connectivity index (χ1) is 7.79. The normalized spacial score (nSPS) is 17.6. The Balaban J connectivity index is 2.18. The quantitative estimate of drug-likeness (QED) is 0.762. The SMILES string of the molecule is COCc1cc(Cl)nc(C2CCOCC2)n1. The van der Waals surface area contributed by atoms with Gasteiger partial charge >= 0.3 is 0 Å². The van der Waals surface area contributed by atoms with E-state index in [0.29, 0.717) is 17.7 Å². The van der Waals surface area contributed by atoms with Gasteiger partial charge in [0.25, 0.3) is 0 Å². The topological polar surface area (TPSA) is 44.2 Å². The summed E-state index contributed by atoms with van der Waals surface area (Å²) in [6.07, 6.45) is 1.93. The number of ether oxygens (including phenoxy) is 2. The Morgan fingerprint density at radius 3 is 2.88 bits per heavy atom. The van der Waals surface area contributed by atoms with E-state index in [1.165, 1.54) is 0 Å². The number of hydrogen-bond acceptors (Lipinski definition) is 4. The van der Waals surface area contributed by atoms with Crippen molar-refractivity contribution in [2.45, 2.75) is 25.4 Å². The predicted molar refractivity (Wildman–Crippen MR) is 60.5 cm³/mol. The molecular formula is C11H15ClN2O2. The lowest BCUT2D eigenvalue weighted by Crippen LogP contribution is -2.17. The van der Waals surface area contributed by atoms with Crippen LogP contribution in [0.5, 0.6) is 0 Å². The average molecular weight is 243 g/mol. The van der Waals surface area contributed by atoms with Crippen molar-refractivity contribution in [3.8, 4) is 0 Å². The third kappa shape index (κ3) is 2.90. The van der Waals surface area contributed by atoms with Gasteiger partial charge in [-0.1, -0.05) is 11.6 Å². The molecule has 4 nitrogen and oxygen atoms in total. The van der Waals surface area contributed by atoms with Crippen LogP contribution in [0.1, 0.15) is 30.3 Å². The summed E-state index contributed by atoms with van der Waals surface area (Å²) < 4.78 is 10.4. The lowest BCUT2D eigenvalue weighted by Gasteiger charge is -2.21. The molecule has 88 valence electrons. The van der Waals surface area contributed by atoms with Crippen LogP contribution in [0.25, 0.3) is 0 Å². The third-order valence-electron chi connectivity index (χ3n) is 2.64. The van der Waals surface area contributed by atoms with Crippen molar-refractivity contribution in [2.75, 3.05) is 20.3 Å². The van der Waals surface area contributed by atoms with E-state index >= 15 is 0 Å². The maximum atomic E-state index is 5.97. The van der Waals surface area contributed by atoms with Crippen LogP contribution >= 0.6 is 11.6 Å². The molecule has 0 aromatic carbocycles. The van der Waals surface area contributed by atoms with Crippen molar-refractivity contribution in [3.05, 3.63) is 22.7 Å². The fraction of sp³-hybridized carbons (Fsp3) is 0.636. The largest absolute Gasteiger partial charge is 0.381 e. The van der Waals surface area contributed by atoms with Gasteiger partial charge in [0.1, 0.15) is 11.0 Å². The van der Waals surface area contributed by atoms with Crippen LogP contribution in [0.2, 0.25) is 5.15 Å². The maximum Gasteiger partial charge on any atom is 0.133 e. The molecule has 1 fully saturated rings. The van der Waals surface area contributed by atoms with Crippen molar-refractivity contribution in [1.82, 2.24) is 9.97 Å². The van der Waals surface area contributed by atoms with Crippen molar-refractivity contribution in [3.63, 3.8) is 0 Å². The molecule has 5 heteroatoms. The van der Waals surface area contributed by atoms with Gasteiger partial charge in [0.05, 0.1) is 12.3 Å². The van der Waals surface area contributed by atoms with E-state index in [4.69, 9.17) is 21.1 Å². The second-order valence-electron chi connectivity index (χ2n) is 3.86. The van der Waals surface area contributed by atoms with Crippen LogP contribution in [0.3, 0.4) is 0 Å². The van der Waals surface area contributed by atoms with E-state index in [1.54, 1.807) is 13.2 Å². The Bertz CT molecular complexity index is 354. The molecule has 2 rings (SSSR count). The van der Waals surface area contributed by atoms with Gasteiger partial charge in [-0.25, -0.2) is 9.97 Å². The molecule has 1 aromatic rings. The van der Waals surface area contributed by atoms with Gasteiger partial charge in [0, 0.05) is 26.2 Å². The van der Waals surface area contributed by atoms with Crippen LogP contribution in [0, 0.1) is 0 Å². The summed E-state index contributed by atoms with van der Waals surface area (Å²) in [7, 11) is 1.64. The van der Waals surface area contributed by atoms with E-state index < -0.39 is 0 Å². The van der Waals surface area contributed by atoms with Crippen molar-refractivity contribution >= 4 is 11.6 Å². The van der Waals surface area contributed by atoms with Gasteiger partial charge in [-0.2, -0.15) is 0 Å². The van der Waals surface area contributed by atoms with E-state index in [9.17, 15) is 0 Å². The Kier molecular flexibility index (Phi) is 4.09. The van der Waals surface area contributed by atoms with Crippen LogP contribution in [0.4, 0.5) is 0 Å². The molecule has 2 heterocycles. The average Bonchev–Trinajstić information content (AvgIpc) is 2.30. The summed E-state index contributed by atoms with van der Waals surface area (Å²) in [6, 6.07) is 1.74. The first-order valence-corrected chi connectivity index (χ1v) is 5.77. The number of hydrogen-bond donors (Lipinski definition) is 0. The van der Waals surface area contributed by atoms with Crippen LogP contribution < -0.4 is 0 Å². The fourth-order valence-electron chi connectivity index (χ4n) is 1.84. The summed E-state index contributed by atoms with van der Waals surface area (Å²) >= 11 is 5.97. The van der Waals surface area contributed by atoms with Crippen LogP contribution in [0.15, 0.2) is 6.07 Å². The minimum Gasteiger partial charge on any atom is -0.381 e. The zero-order valence-corrected chi connectivity index (χ0v) is 10.0. The molecule has 0 unspecified atom stereocenters. The molecule has 0 saturated carbocycles. The summed E-state index contributed by atoms with van der Waals surface area (Å²) in [5.74, 6) is 1.19. The molecule has 0 spiro atoms. The molecule has 1 aliphatic heterocycles. The molecule has 0 aliphatic carbocycles. The summed E-state index contributed by atoms with van der Waals surface area (Å²) in [5, 5.41) is 0.489. The monoisotopic (exact) mass is 242 g/mol. The van der Waals surface area contributed by atoms with Crippen LogP contribution in [-0.2, 0) is 16.1 Å². The number of rotatable bonds is 3. The zero-order valence-electron chi connectivity index (χ0n) is 9.28. The van der Waals surface area contributed by atoms with Gasteiger partial charge in [-0.3, -0.25) is 0 Å². The molecule has 0 bridgehead atoms. The highest BCUT2D eigenvalue weighted by Crippen LogP contribution is 2.25. The summed E-state index contributed by atoms with van der Waals surface area (Å²) in [6.45, 7) is 2.03. The van der Waals surface area contributed by atoms with Gasteiger partial charge in [0.15, 0.2) is 0 Å². The maximum absolute atomic E-state index is 5.97. The summed E-state index contributed by atoms with van der Waals surface area (Å²) in [5.41, 5.74) is 0.837. The molecular weight excluding hydrogens is 228 g/mol. The van der Waals surface area contributed by atoms with Gasteiger partial charge < -0.3 is 9.47 Å². The van der Waals surface area contributed by atoms with Gasteiger partial charge in [-0.05, 0) is 18.9 Å². The molecule has 16 heavy (non-hydrogen) atoms. The standard InChI is InChI=1S/C11H15ClN2O2/c1-15-7-9-6-10(12)14-11(13-9)8-2-4-16-5-3-8/h6,8H,2-5,7H2,1H3. The molecule has 1 aliphatic rings. The number of methoxy groups -OCH3 is 1. The second kappa shape index (κ2) is 5.57. The van der Waals surface area contributed by atoms with Gasteiger partial charge in [0.2, 0.25) is 0 Å². The van der Waals surface area contributed by atoms with E-state index in [-0.39, 0.29) is 0 Å². The molecule has 1 saturated heterocycles. The first-order valence-electron chi connectivity index (χ1n) is 5.39. The Morgan fingerprint density at radius 2 is 2.19 bits per heavy atom. The zero-order chi connectivity index (χ0) is 11.4. The fourth-order valence-corrected chi connectivity index (χ4v) is 2.06. The molecule has 0 N–H and O–H groups in total. The first kappa shape index (κ1) is 11.8. The second-order valence-corrected chi connectivity index (χ2v) is 4.25. The Morgan fingerprint density at radius 1 is 1.44 bits per heavy atom. The van der Waals surface area contributed by atoms with Crippen molar-refractivity contribution in [1.29, 1.82) is 0 Å². The molecule has 0 radical (unpaired) electrons. The highest BCUT2D eigenvalue weighted by molar-refractivity contribution is 6.29. The van der Waals surface area contributed by atoms with E-state index in [2.05, 4.69) is 9.97 Å². The molecule has 0 amide bonds. The summed E-state index contributed by atoms with van der Waals surface area (Å²) in [4.78, 5) is 8.75. The predicted octanol–water partition coefficient (Wildman–Crippen LogP) is 2.17. The lowest BCUT2D eigenvalue weighted by molar-refractivity contribution is 0.0834. The Hall–Kier alpha value is -0.710. The van der Waals surface area contributed by atoms with E-state index in [0.717, 1.165) is 37.6 Å². The smallest absolute Gasteiger partial charge is 0.133 e. The number of nitrogens with zero attached hydrogens (tertiary/aromatic N) is 2. The Labute approximate surface area is 99.9 Å². The number of halogens is 1. The van der Waals surface area contributed by atoms with Crippen molar-refractivity contribution in [2.24, 2.45) is 0 Å². The lowest BCUT2D eigenvalue weighted by atomic mass is 9.99. The molecule has 1 aromatic heterocycles. The highest BCUT2D eigenvalue weighted by atomic mass is 35.5. The van der Waals surface area contributed by atoms with E-state index in [1.807, 2.05) is 0 Å². The van der Waals surface area contributed by atoms with Crippen molar-refractivity contribution < 1.29 is 9.47 Å². The van der Waals surface area contributed by atoms with Gasteiger partial charge in [-0.15, -0.1) is 0 Å².